The molecule has 15 heavy (non-hydrogen) atoms. The molecule has 0 bridgehead atoms. The lowest BCUT2D eigenvalue weighted by molar-refractivity contribution is -0.0104. The Morgan fingerprint density at radius 2 is 2.27 bits per heavy atom. The van der Waals surface area contributed by atoms with Crippen molar-refractivity contribution in [1.29, 1.82) is 0 Å². The van der Waals surface area contributed by atoms with Gasteiger partial charge in [0.1, 0.15) is 11.5 Å². The molecule has 0 amide bonds. The van der Waals surface area contributed by atoms with Gasteiger partial charge >= 0.3 is 0 Å². The SMILES string of the molecule is Cc1cc(C(O)C2CCCOC2)c(C)o1. The summed E-state index contributed by atoms with van der Waals surface area (Å²) in [6.07, 6.45) is 1.63. The molecule has 3 nitrogen and oxygen atoms in total. The molecule has 0 radical (unpaired) electrons. The van der Waals surface area contributed by atoms with E-state index in [-0.39, 0.29) is 5.92 Å². The van der Waals surface area contributed by atoms with Gasteiger partial charge in [0, 0.05) is 18.1 Å². The van der Waals surface area contributed by atoms with E-state index in [0.717, 1.165) is 36.5 Å². The van der Waals surface area contributed by atoms with Crippen LogP contribution in [-0.4, -0.2) is 18.3 Å². The molecule has 1 aromatic rings. The normalized spacial score (nSPS) is 24.1. The molecule has 0 saturated carbocycles. The number of hydrogen-bond acceptors (Lipinski definition) is 3. The second-order valence-corrected chi connectivity index (χ2v) is 4.29. The summed E-state index contributed by atoms with van der Waals surface area (Å²) >= 11 is 0. The van der Waals surface area contributed by atoms with Crippen molar-refractivity contribution < 1.29 is 14.3 Å². The van der Waals surface area contributed by atoms with Gasteiger partial charge in [0.05, 0.1) is 12.7 Å². The van der Waals surface area contributed by atoms with Crippen molar-refractivity contribution in [1.82, 2.24) is 0 Å². The summed E-state index contributed by atoms with van der Waals surface area (Å²) in [6.45, 7) is 5.28. The van der Waals surface area contributed by atoms with E-state index in [2.05, 4.69) is 0 Å². The molecule has 2 rings (SSSR count). The van der Waals surface area contributed by atoms with E-state index in [4.69, 9.17) is 9.15 Å². The van der Waals surface area contributed by atoms with Crippen molar-refractivity contribution in [2.75, 3.05) is 13.2 Å². The lowest BCUT2D eigenvalue weighted by atomic mass is 9.91. The van der Waals surface area contributed by atoms with Crippen LogP contribution in [0.25, 0.3) is 0 Å². The number of ether oxygens (including phenoxy) is 1. The third-order valence-electron chi connectivity index (χ3n) is 3.04. The topological polar surface area (TPSA) is 42.6 Å². The van der Waals surface area contributed by atoms with E-state index in [0.29, 0.717) is 6.61 Å². The van der Waals surface area contributed by atoms with Gasteiger partial charge in [-0.05, 0) is 32.8 Å². The van der Waals surface area contributed by atoms with Crippen molar-refractivity contribution in [2.45, 2.75) is 32.8 Å². The van der Waals surface area contributed by atoms with Crippen molar-refractivity contribution in [3.05, 3.63) is 23.2 Å². The highest BCUT2D eigenvalue weighted by molar-refractivity contribution is 5.23. The lowest BCUT2D eigenvalue weighted by Crippen LogP contribution is -2.23. The van der Waals surface area contributed by atoms with E-state index >= 15 is 0 Å². The van der Waals surface area contributed by atoms with Gasteiger partial charge in [0.25, 0.3) is 0 Å². The van der Waals surface area contributed by atoms with Gasteiger partial charge in [-0.2, -0.15) is 0 Å². The van der Waals surface area contributed by atoms with Crippen LogP contribution in [0.3, 0.4) is 0 Å². The van der Waals surface area contributed by atoms with Crippen LogP contribution in [0.2, 0.25) is 0 Å². The molecule has 3 heteroatoms. The predicted molar refractivity (Wildman–Crippen MR) is 56.7 cm³/mol. The zero-order chi connectivity index (χ0) is 10.8. The molecule has 1 aliphatic heterocycles. The molecule has 2 unspecified atom stereocenters. The predicted octanol–water partition coefficient (Wildman–Crippen LogP) is 2.36. The Morgan fingerprint density at radius 1 is 1.47 bits per heavy atom. The fourth-order valence-corrected chi connectivity index (χ4v) is 2.21. The molecule has 1 aromatic heterocycles. The first-order valence-electron chi connectivity index (χ1n) is 5.51. The third-order valence-corrected chi connectivity index (χ3v) is 3.04. The van der Waals surface area contributed by atoms with E-state index in [1.54, 1.807) is 0 Å². The number of aliphatic hydroxyl groups is 1. The van der Waals surface area contributed by atoms with Crippen molar-refractivity contribution in [2.24, 2.45) is 5.92 Å². The molecule has 1 aliphatic rings. The van der Waals surface area contributed by atoms with Crippen LogP contribution < -0.4 is 0 Å². The minimum atomic E-state index is -0.442. The van der Waals surface area contributed by atoms with Crippen molar-refractivity contribution in [3.63, 3.8) is 0 Å². The highest BCUT2D eigenvalue weighted by Crippen LogP contribution is 2.31. The number of furan rings is 1. The Labute approximate surface area is 90.0 Å². The second kappa shape index (κ2) is 4.37. The highest BCUT2D eigenvalue weighted by atomic mass is 16.5. The van der Waals surface area contributed by atoms with Gasteiger partial charge in [0.15, 0.2) is 0 Å². The molecule has 2 heterocycles. The van der Waals surface area contributed by atoms with Gasteiger partial charge in [-0.3, -0.25) is 0 Å². The molecule has 0 aromatic carbocycles. The van der Waals surface area contributed by atoms with Gasteiger partial charge < -0.3 is 14.3 Å². The molecule has 84 valence electrons. The van der Waals surface area contributed by atoms with Crippen LogP contribution in [0.4, 0.5) is 0 Å². The van der Waals surface area contributed by atoms with E-state index in [1.165, 1.54) is 0 Å². The average molecular weight is 210 g/mol. The van der Waals surface area contributed by atoms with Crippen LogP contribution >= 0.6 is 0 Å². The first-order chi connectivity index (χ1) is 7.18. The standard InChI is InChI=1S/C12H18O3/c1-8-6-11(9(2)15-8)12(13)10-4-3-5-14-7-10/h6,10,12-13H,3-5,7H2,1-2H3. The first-order valence-corrected chi connectivity index (χ1v) is 5.51. The molecule has 0 spiro atoms. The summed E-state index contributed by atoms with van der Waals surface area (Å²) < 4.78 is 10.8. The molecule has 1 fully saturated rings. The molecular formula is C12H18O3. The van der Waals surface area contributed by atoms with Gasteiger partial charge in [-0.1, -0.05) is 0 Å². The van der Waals surface area contributed by atoms with Gasteiger partial charge in [-0.15, -0.1) is 0 Å². The minimum Gasteiger partial charge on any atom is -0.466 e. The summed E-state index contributed by atoms with van der Waals surface area (Å²) in [5.74, 6) is 1.90. The maximum Gasteiger partial charge on any atom is 0.106 e. The van der Waals surface area contributed by atoms with Crippen LogP contribution in [0, 0.1) is 19.8 Å². The van der Waals surface area contributed by atoms with E-state index < -0.39 is 6.10 Å². The quantitative estimate of drug-likeness (QED) is 0.814. The Bertz CT molecular complexity index is 324. The Hall–Kier alpha value is -0.800. The number of aliphatic hydroxyl groups excluding tert-OH is 1. The molecule has 2 atom stereocenters. The summed E-state index contributed by atoms with van der Waals surface area (Å²) in [6, 6.07) is 1.93. The molecule has 1 saturated heterocycles. The van der Waals surface area contributed by atoms with E-state index in [1.807, 2.05) is 19.9 Å². The molecule has 0 aliphatic carbocycles. The van der Waals surface area contributed by atoms with Crippen LogP contribution in [0.1, 0.15) is 36.0 Å². The minimum absolute atomic E-state index is 0.217. The monoisotopic (exact) mass is 210 g/mol. The van der Waals surface area contributed by atoms with Crippen LogP contribution in [-0.2, 0) is 4.74 Å². The Kier molecular flexibility index (Phi) is 3.12. The number of rotatable bonds is 2. The number of hydrogen-bond donors (Lipinski definition) is 1. The van der Waals surface area contributed by atoms with Crippen molar-refractivity contribution >= 4 is 0 Å². The summed E-state index contributed by atoms with van der Waals surface area (Å²) in [4.78, 5) is 0. The third kappa shape index (κ3) is 2.24. The van der Waals surface area contributed by atoms with Gasteiger partial charge in [0.2, 0.25) is 0 Å². The molecular weight excluding hydrogens is 192 g/mol. The summed E-state index contributed by atoms with van der Waals surface area (Å²) in [7, 11) is 0. The Balaban J connectivity index is 2.12. The zero-order valence-corrected chi connectivity index (χ0v) is 9.32. The van der Waals surface area contributed by atoms with Crippen LogP contribution in [0.15, 0.2) is 10.5 Å². The maximum absolute atomic E-state index is 10.2. The van der Waals surface area contributed by atoms with Crippen molar-refractivity contribution in [3.8, 4) is 0 Å². The van der Waals surface area contributed by atoms with Gasteiger partial charge in [-0.25, -0.2) is 0 Å². The average Bonchev–Trinajstić information content (AvgIpc) is 2.58. The summed E-state index contributed by atoms with van der Waals surface area (Å²) in [5, 5.41) is 10.2. The summed E-state index contributed by atoms with van der Waals surface area (Å²) in [5.41, 5.74) is 0.919. The zero-order valence-electron chi connectivity index (χ0n) is 9.32. The second-order valence-electron chi connectivity index (χ2n) is 4.29. The Morgan fingerprint density at radius 3 is 2.80 bits per heavy atom. The largest absolute Gasteiger partial charge is 0.466 e. The fraction of sp³-hybridized carbons (Fsp3) is 0.667. The smallest absolute Gasteiger partial charge is 0.106 e. The first kappa shape index (κ1) is 10.7. The number of aryl methyl sites for hydroxylation is 2. The molecule has 1 N–H and O–H groups in total. The van der Waals surface area contributed by atoms with E-state index in [9.17, 15) is 5.11 Å². The fourth-order valence-electron chi connectivity index (χ4n) is 2.21. The maximum atomic E-state index is 10.2. The lowest BCUT2D eigenvalue weighted by Gasteiger charge is -2.26. The highest BCUT2D eigenvalue weighted by Gasteiger charge is 2.26. The van der Waals surface area contributed by atoms with Crippen LogP contribution in [0.5, 0.6) is 0 Å².